The second-order valence-electron chi connectivity index (χ2n) is 7.14. The van der Waals surface area contributed by atoms with Gasteiger partial charge in [-0.3, -0.25) is 4.79 Å². The lowest BCUT2D eigenvalue weighted by Crippen LogP contribution is -2.34. The molecule has 0 unspecified atom stereocenters. The Morgan fingerprint density at radius 3 is 2.42 bits per heavy atom. The van der Waals surface area contributed by atoms with Gasteiger partial charge in [0, 0.05) is 25.0 Å². The number of hydrogen-bond donors (Lipinski definition) is 0. The zero-order valence-electron chi connectivity index (χ0n) is 15.5. The predicted octanol–water partition coefficient (Wildman–Crippen LogP) is 4.19. The molecule has 1 aromatic heterocycles. The van der Waals surface area contributed by atoms with E-state index in [4.69, 9.17) is 0 Å². The summed E-state index contributed by atoms with van der Waals surface area (Å²) in [7, 11) is 0. The summed E-state index contributed by atoms with van der Waals surface area (Å²) in [6, 6.07) is 10.6. The van der Waals surface area contributed by atoms with E-state index in [1.54, 1.807) is 11.8 Å². The second kappa shape index (κ2) is 7.43. The Bertz CT molecular complexity index is 763. The maximum atomic E-state index is 13.2. The molecule has 4 rings (SSSR count). The standard InChI is InChI=1S/C20H26N4OS/c1-3-23(4-2)19(25)17(14-8-6-5-7-9-14)26-20-22-21-18(15-10-11-15)24(20)16-12-13-16/h5-9,15-17H,3-4,10-13H2,1-2H3/t17-/m1/s1. The SMILES string of the molecule is CCN(CC)C(=O)[C@H](Sc1nnc(C2CC2)n1C1CC1)c1ccccc1. The third-order valence-corrected chi connectivity index (χ3v) is 6.37. The van der Waals surface area contributed by atoms with Crippen molar-refractivity contribution in [2.24, 2.45) is 0 Å². The first-order valence-electron chi connectivity index (χ1n) is 9.68. The number of aromatic nitrogens is 3. The van der Waals surface area contributed by atoms with Crippen LogP contribution in [0.25, 0.3) is 0 Å². The zero-order chi connectivity index (χ0) is 18.1. The molecule has 5 nitrogen and oxygen atoms in total. The van der Waals surface area contributed by atoms with E-state index in [9.17, 15) is 4.79 Å². The van der Waals surface area contributed by atoms with Crippen LogP contribution in [-0.2, 0) is 4.79 Å². The van der Waals surface area contributed by atoms with E-state index in [0.717, 1.165) is 29.6 Å². The highest BCUT2D eigenvalue weighted by Crippen LogP contribution is 2.47. The summed E-state index contributed by atoms with van der Waals surface area (Å²) in [6.45, 7) is 5.52. The summed E-state index contributed by atoms with van der Waals surface area (Å²) in [5.74, 6) is 1.87. The fourth-order valence-corrected chi connectivity index (χ4v) is 4.56. The first-order chi connectivity index (χ1) is 12.7. The van der Waals surface area contributed by atoms with Crippen LogP contribution in [0.15, 0.2) is 35.5 Å². The molecular weight excluding hydrogens is 344 g/mol. The summed E-state index contributed by atoms with van der Waals surface area (Å²) in [4.78, 5) is 15.1. The minimum absolute atomic E-state index is 0.157. The molecule has 1 amide bonds. The molecule has 6 heteroatoms. The smallest absolute Gasteiger partial charge is 0.240 e. The van der Waals surface area contributed by atoms with Crippen LogP contribution in [0.1, 0.15) is 68.1 Å². The predicted molar refractivity (Wildman–Crippen MR) is 103 cm³/mol. The highest BCUT2D eigenvalue weighted by atomic mass is 32.2. The van der Waals surface area contributed by atoms with E-state index >= 15 is 0 Å². The maximum absolute atomic E-state index is 13.2. The molecule has 1 aromatic carbocycles. The van der Waals surface area contributed by atoms with E-state index in [1.807, 2.05) is 49.1 Å². The van der Waals surface area contributed by atoms with Crippen molar-refractivity contribution in [1.82, 2.24) is 19.7 Å². The molecule has 1 heterocycles. The van der Waals surface area contributed by atoms with Crippen molar-refractivity contribution in [3.63, 3.8) is 0 Å². The van der Waals surface area contributed by atoms with Crippen LogP contribution in [0.3, 0.4) is 0 Å². The molecule has 0 spiro atoms. The molecule has 0 bridgehead atoms. The van der Waals surface area contributed by atoms with Gasteiger partial charge < -0.3 is 9.47 Å². The van der Waals surface area contributed by atoms with Gasteiger partial charge in [0.15, 0.2) is 5.16 Å². The molecule has 1 atom stereocenters. The molecule has 26 heavy (non-hydrogen) atoms. The van der Waals surface area contributed by atoms with Crippen molar-refractivity contribution in [1.29, 1.82) is 0 Å². The van der Waals surface area contributed by atoms with Gasteiger partial charge in [-0.2, -0.15) is 0 Å². The molecule has 0 aliphatic heterocycles. The van der Waals surface area contributed by atoms with Crippen LogP contribution >= 0.6 is 11.8 Å². The van der Waals surface area contributed by atoms with Crippen LogP contribution < -0.4 is 0 Å². The van der Waals surface area contributed by atoms with Crippen LogP contribution in [0.5, 0.6) is 0 Å². The Hall–Kier alpha value is -1.82. The molecule has 138 valence electrons. The summed E-state index contributed by atoms with van der Waals surface area (Å²) >= 11 is 1.57. The van der Waals surface area contributed by atoms with Gasteiger partial charge >= 0.3 is 0 Å². The van der Waals surface area contributed by atoms with Crippen molar-refractivity contribution < 1.29 is 4.79 Å². The zero-order valence-corrected chi connectivity index (χ0v) is 16.3. The van der Waals surface area contributed by atoms with E-state index in [-0.39, 0.29) is 11.2 Å². The number of amides is 1. The Morgan fingerprint density at radius 2 is 1.85 bits per heavy atom. The summed E-state index contributed by atoms with van der Waals surface area (Å²) in [5, 5.41) is 9.63. The lowest BCUT2D eigenvalue weighted by Gasteiger charge is -2.25. The highest BCUT2D eigenvalue weighted by molar-refractivity contribution is 8.00. The van der Waals surface area contributed by atoms with E-state index < -0.39 is 0 Å². The normalized spacial score (nSPS) is 17.9. The monoisotopic (exact) mass is 370 g/mol. The lowest BCUT2D eigenvalue weighted by molar-refractivity contribution is -0.130. The van der Waals surface area contributed by atoms with Gasteiger partial charge in [-0.15, -0.1) is 10.2 Å². The minimum atomic E-state index is -0.273. The summed E-state index contributed by atoms with van der Waals surface area (Å²) in [6.07, 6.45) is 4.84. The van der Waals surface area contributed by atoms with Crippen molar-refractivity contribution in [2.45, 2.75) is 61.9 Å². The molecule has 0 N–H and O–H groups in total. The number of likely N-dealkylation sites (N-methyl/N-ethyl adjacent to an activating group) is 1. The van der Waals surface area contributed by atoms with Gasteiger partial charge in [0.2, 0.25) is 5.91 Å². The topological polar surface area (TPSA) is 51.0 Å². The number of hydrogen-bond acceptors (Lipinski definition) is 4. The van der Waals surface area contributed by atoms with Crippen molar-refractivity contribution in [2.75, 3.05) is 13.1 Å². The van der Waals surface area contributed by atoms with E-state index in [1.165, 1.54) is 25.7 Å². The third-order valence-electron chi connectivity index (χ3n) is 5.17. The van der Waals surface area contributed by atoms with Gasteiger partial charge in [-0.05, 0) is 45.1 Å². The summed E-state index contributed by atoms with van der Waals surface area (Å²) < 4.78 is 2.33. The van der Waals surface area contributed by atoms with Crippen LogP contribution in [-0.4, -0.2) is 38.7 Å². The molecule has 0 saturated heterocycles. The van der Waals surface area contributed by atoms with Gasteiger partial charge in [-0.1, -0.05) is 42.1 Å². The van der Waals surface area contributed by atoms with Gasteiger partial charge in [0.05, 0.1) is 0 Å². The Labute approximate surface area is 159 Å². The van der Waals surface area contributed by atoms with E-state index in [2.05, 4.69) is 14.8 Å². The number of thioether (sulfide) groups is 1. The Kier molecular flexibility index (Phi) is 5.02. The van der Waals surface area contributed by atoms with Crippen molar-refractivity contribution in [3.05, 3.63) is 41.7 Å². The number of carbonyl (C=O) groups is 1. The molecule has 2 aromatic rings. The van der Waals surface area contributed by atoms with Crippen molar-refractivity contribution in [3.8, 4) is 0 Å². The number of benzene rings is 1. The van der Waals surface area contributed by atoms with E-state index in [0.29, 0.717) is 12.0 Å². The quantitative estimate of drug-likeness (QED) is 0.654. The van der Waals surface area contributed by atoms with Gasteiger partial charge in [0.25, 0.3) is 0 Å². The second-order valence-corrected chi connectivity index (χ2v) is 8.21. The Balaban J connectivity index is 1.66. The highest BCUT2D eigenvalue weighted by Gasteiger charge is 2.38. The fraction of sp³-hybridized carbons (Fsp3) is 0.550. The molecule has 2 saturated carbocycles. The molecule has 0 radical (unpaired) electrons. The van der Waals surface area contributed by atoms with Gasteiger partial charge in [-0.25, -0.2) is 0 Å². The number of carbonyl (C=O) groups excluding carboxylic acids is 1. The Morgan fingerprint density at radius 1 is 1.15 bits per heavy atom. The number of rotatable bonds is 8. The largest absolute Gasteiger partial charge is 0.342 e. The average molecular weight is 371 g/mol. The van der Waals surface area contributed by atoms with Crippen LogP contribution in [0, 0.1) is 0 Å². The first kappa shape index (κ1) is 17.6. The summed E-state index contributed by atoms with van der Waals surface area (Å²) in [5.41, 5.74) is 1.03. The molecule has 2 aliphatic carbocycles. The maximum Gasteiger partial charge on any atom is 0.240 e. The fourth-order valence-electron chi connectivity index (χ4n) is 3.36. The first-order valence-corrected chi connectivity index (χ1v) is 10.6. The minimum Gasteiger partial charge on any atom is -0.342 e. The van der Waals surface area contributed by atoms with Crippen LogP contribution in [0.4, 0.5) is 0 Å². The average Bonchev–Trinajstić information content (AvgIpc) is 3.60. The van der Waals surface area contributed by atoms with Crippen LogP contribution in [0.2, 0.25) is 0 Å². The third kappa shape index (κ3) is 3.52. The molecule has 2 aliphatic rings. The van der Waals surface area contributed by atoms with Crippen molar-refractivity contribution >= 4 is 17.7 Å². The molecular formula is C20H26N4OS. The number of nitrogens with zero attached hydrogens (tertiary/aromatic N) is 4. The molecule has 2 fully saturated rings. The van der Waals surface area contributed by atoms with Gasteiger partial charge in [0.1, 0.15) is 11.1 Å². The lowest BCUT2D eigenvalue weighted by atomic mass is 10.1.